The molecule has 0 aromatic carbocycles. The van der Waals surface area contributed by atoms with Gasteiger partial charge in [0.15, 0.2) is 0 Å². The molecule has 0 amide bonds. The van der Waals surface area contributed by atoms with Crippen molar-refractivity contribution < 1.29 is 0 Å². The van der Waals surface area contributed by atoms with Crippen molar-refractivity contribution in [2.45, 2.75) is 26.8 Å². The Balaban J connectivity index is 2.52. The zero-order chi connectivity index (χ0) is 13.1. The van der Waals surface area contributed by atoms with Gasteiger partial charge in [-0.05, 0) is 49.6 Å². The topological polar surface area (TPSA) is 76.7 Å². The van der Waals surface area contributed by atoms with E-state index >= 15 is 0 Å². The van der Waals surface area contributed by atoms with Gasteiger partial charge in [0.25, 0.3) is 0 Å². The van der Waals surface area contributed by atoms with Crippen LogP contribution in [0.25, 0.3) is 0 Å². The van der Waals surface area contributed by atoms with Crippen LogP contribution < -0.4 is 11.3 Å². The van der Waals surface area contributed by atoms with E-state index in [1.165, 1.54) is 0 Å². The van der Waals surface area contributed by atoms with E-state index in [-0.39, 0.29) is 6.04 Å². The molecular weight excluding hydrogens is 226 g/mol. The summed E-state index contributed by atoms with van der Waals surface area (Å²) in [5, 5.41) is 8.17. The highest BCUT2D eigenvalue weighted by molar-refractivity contribution is 5.36. The van der Waals surface area contributed by atoms with E-state index in [1.54, 1.807) is 6.20 Å². The molecule has 0 aliphatic carbocycles. The molecule has 2 aromatic heterocycles. The third kappa shape index (κ3) is 2.37. The Morgan fingerprint density at radius 3 is 2.61 bits per heavy atom. The molecule has 0 saturated carbocycles. The summed E-state index contributed by atoms with van der Waals surface area (Å²) in [4.78, 5) is 4.16. The minimum atomic E-state index is -0.118. The number of aromatic nitrogens is 3. The van der Waals surface area contributed by atoms with Crippen molar-refractivity contribution >= 4 is 0 Å². The molecule has 2 rings (SSSR count). The van der Waals surface area contributed by atoms with Crippen molar-refractivity contribution in [2.75, 3.05) is 0 Å². The molecule has 1 unspecified atom stereocenters. The van der Waals surface area contributed by atoms with Crippen LogP contribution in [0.4, 0.5) is 0 Å². The second-order valence-electron chi connectivity index (χ2n) is 4.36. The van der Waals surface area contributed by atoms with Crippen molar-refractivity contribution in [1.29, 1.82) is 0 Å². The molecule has 2 aromatic rings. The number of nitrogens with one attached hydrogen (secondary N) is 1. The second-order valence-corrected chi connectivity index (χ2v) is 4.36. The first kappa shape index (κ1) is 12.6. The number of hydrazine groups is 1. The summed E-state index contributed by atoms with van der Waals surface area (Å²) in [6.45, 7) is 5.88. The van der Waals surface area contributed by atoms with Gasteiger partial charge in [0.1, 0.15) is 0 Å². The van der Waals surface area contributed by atoms with Crippen LogP contribution in [0.3, 0.4) is 0 Å². The zero-order valence-electron chi connectivity index (χ0n) is 10.8. The van der Waals surface area contributed by atoms with Gasteiger partial charge in [-0.2, -0.15) is 10.2 Å². The molecule has 5 heteroatoms. The van der Waals surface area contributed by atoms with Crippen molar-refractivity contribution in [3.05, 3.63) is 52.6 Å². The van der Waals surface area contributed by atoms with E-state index in [1.807, 2.05) is 39.1 Å². The highest BCUT2D eigenvalue weighted by Crippen LogP contribution is 2.25. The van der Waals surface area contributed by atoms with Crippen LogP contribution in [0.15, 0.2) is 24.5 Å². The lowest BCUT2D eigenvalue weighted by molar-refractivity contribution is 0.620. The van der Waals surface area contributed by atoms with Crippen molar-refractivity contribution in [2.24, 2.45) is 5.84 Å². The van der Waals surface area contributed by atoms with Crippen LogP contribution in [0.5, 0.6) is 0 Å². The summed E-state index contributed by atoms with van der Waals surface area (Å²) in [5.74, 6) is 5.70. The highest BCUT2D eigenvalue weighted by atomic mass is 15.2. The first-order valence-electron chi connectivity index (χ1n) is 5.81. The molecule has 0 radical (unpaired) electrons. The standard InChI is InChI=1S/C13H17N5/c1-8-4-5-15-7-12(8)13(16-14)11-6-9(2)17-18-10(11)3/h4-7,13,16H,14H2,1-3H3. The molecule has 0 aliphatic heterocycles. The van der Waals surface area contributed by atoms with E-state index in [0.29, 0.717) is 0 Å². The lowest BCUT2D eigenvalue weighted by Crippen LogP contribution is -2.30. The maximum atomic E-state index is 5.70. The predicted octanol–water partition coefficient (Wildman–Crippen LogP) is 1.35. The number of hydrogen-bond donors (Lipinski definition) is 2. The fraction of sp³-hybridized carbons (Fsp3) is 0.308. The fourth-order valence-corrected chi connectivity index (χ4v) is 1.99. The lowest BCUT2D eigenvalue weighted by atomic mass is 9.96. The monoisotopic (exact) mass is 243 g/mol. The molecule has 0 saturated heterocycles. The van der Waals surface area contributed by atoms with Crippen LogP contribution in [0, 0.1) is 20.8 Å². The molecule has 18 heavy (non-hydrogen) atoms. The van der Waals surface area contributed by atoms with E-state index in [0.717, 1.165) is 28.1 Å². The smallest absolute Gasteiger partial charge is 0.0746 e. The Labute approximate surface area is 106 Å². The molecule has 3 N–H and O–H groups in total. The molecular formula is C13H17N5. The lowest BCUT2D eigenvalue weighted by Gasteiger charge is -2.19. The van der Waals surface area contributed by atoms with Gasteiger partial charge in [-0.25, -0.2) is 5.43 Å². The SMILES string of the molecule is Cc1cc(C(NN)c2cnccc2C)c(C)nn1. The summed E-state index contributed by atoms with van der Waals surface area (Å²) < 4.78 is 0. The van der Waals surface area contributed by atoms with Crippen LogP contribution >= 0.6 is 0 Å². The number of pyridine rings is 1. The van der Waals surface area contributed by atoms with Crippen molar-refractivity contribution in [1.82, 2.24) is 20.6 Å². The average Bonchev–Trinajstić information content (AvgIpc) is 2.36. The molecule has 1 atom stereocenters. The Morgan fingerprint density at radius 1 is 1.17 bits per heavy atom. The summed E-state index contributed by atoms with van der Waals surface area (Å²) in [7, 11) is 0. The zero-order valence-corrected chi connectivity index (χ0v) is 10.8. The minimum absolute atomic E-state index is 0.118. The fourth-order valence-electron chi connectivity index (χ4n) is 1.99. The van der Waals surface area contributed by atoms with E-state index < -0.39 is 0 Å². The van der Waals surface area contributed by atoms with Gasteiger partial charge in [0.05, 0.1) is 17.4 Å². The maximum Gasteiger partial charge on any atom is 0.0746 e. The van der Waals surface area contributed by atoms with Crippen LogP contribution in [0.1, 0.15) is 34.1 Å². The van der Waals surface area contributed by atoms with E-state index in [9.17, 15) is 0 Å². The molecule has 5 nitrogen and oxygen atoms in total. The largest absolute Gasteiger partial charge is 0.271 e. The quantitative estimate of drug-likeness (QED) is 0.628. The van der Waals surface area contributed by atoms with Gasteiger partial charge in [0.2, 0.25) is 0 Å². The molecule has 0 aliphatic rings. The summed E-state index contributed by atoms with van der Waals surface area (Å²) in [5.41, 5.74) is 7.80. The van der Waals surface area contributed by atoms with Crippen LogP contribution in [-0.4, -0.2) is 15.2 Å². The number of nitrogens with two attached hydrogens (primary N) is 1. The predicted molar refractivity (Wildman–Crippen MR) is 69.6 cm³/mol. The Hall–Kier alpha value is -1.85. The van der Waals surface area contributed by atoms with E-state index in [4.69, 9.17) is 5.84 Å². The molecule has 94 valence electrons. The molecule has 0 bridgehead atoms. The van der Waals surface area contributed by atoms with Gasteiger partial charge in [-0.1, -0.05) is 0 Å². The number of aryl methyl sites for hydroxylation is 3. The third-order valence-electron chi connectivity index (χ3n) is 3.01. The second kappa shape index (κ2) is 5.20. The minimum Gasteiger partial charge on any atom is -0.271 e. The average molecular weight is 243 g/mol. The Kier molecular flexibility index (Phi) is 3.64. The highest BCUT2D eigenvalue weighted by Gasteiger charge is 2.18. The van der Waals surface area contributed by atoms with Crippen LogP contribution in [-0.2, 0) is 0 Å². The van der Waals surface area contributed by atoms with Crippen molar-refractivity contribution in [3.63, 3.8) is 0 Å². The normalized spacial score (nSPS) is 12.4. The first-order chi connectivity index (χ1) is 8.63. The summed E-state index contributed by atoms with van der Waals surface area (Å²) >= 11 is 0. The molecule has 0 fully saturated rings. The number of rotatable bonds is 3. The Bertz CT molecular complexity index is 553. The summed E-state index contributed by atoms with van der Waals surface area (Å²) in [6, 6.07) is 3.85. The van der Waals surface area contributed by atoms with Gasteiger partial charge in [-0.3, -0.25) is 10.8 Å². The molecule has 0 spiro atoms. The van der Waals surface area contributed by atoms with Gasteiger partial charge < -0.3 is 0 Å². The van der Waals surface area contributed by atoms with Gasteiger partial charge in [-0.15, -0.1) is 0 Å². The molecule has 2 heterocycles. The third-order valence-corrected chi connectivity index (χ3v) is 3.01. The summed E-state index contributed by atoms with van der Waals surface area (Å²) in [6.07, 6.45) is 3.60. The first-order valence-corrected chi connectivity index (χ1v) is 5.81. The number of hydrogen-bond acceptors (Lipinski definition) is 5. The maximum absolute atomic E-state index is 5.70. The van der Waals surface area contributed by atoms with Gasteiger partial charge in [0, 0.05) is 12.4 Å². The van der Waals surface area contributed by atoms with Crippen molar-refractivity contribution in [3.8, 4) is 0 Å². The van der Waals surface area contributed by atoms with Crippen LogP contribution in [0.2, 0.25) is 0 Å². The number of nitrogens with zero attached hydrogens (tertiary/aromatic N) is 3. The Morgan fingerprint density at radius 2 is 1.94 bits per heavy atom. The van der Waals surface area contributed by atoms with E-state index in [2.05, 4.69) is 20.6 Å². The van der Waals surface area contributed by atoms with Gasteiger partial charge >= 0.3 is 0 Å².